The van der Waals surface area contributed by atoms with Gasteiger partial charge < -0.3 is 54.3 Å². The summed E-state index contributed by atoms with van der Waals surface area (Å²) in [4.78, 5) is 0. The molecule has 0 aromatic heterocycles. The highest BCUT2D eigenvalue weighted by Crippen LogP contribution is 2.27. The average molecular weight is 711 g/mol. The van der Waals surface area contributed by atoms with E-state index in [2.05, 4.69) is 0 Å². The molecule has 0 aliphatic rings. The fraction of sp³-hybridized carbons (Fsp3) is 0.400. The second kappa shape index (κ2) is 24.7. The molecular weight excluding hydrogens is 656 g/mol. The molecule has 4 atom stereocenters. The highest BCUT2D eigenvalue weighted by atomic mass is 16.5. The molecule has 6 N–H and O–H groups in total. The normalized spacial score (nSPS) is 12.8. The van der Waals surface area contributed by atoms with E-state index in [9.17, 15) is 20.4 Å². The average Bonchev–Trinajstić information content (AvgIpc) is 3.19. The summed E-state index contributed by atoms with van der Waals surface area (Å²) in [5.74, 6) is 3.92. The quantitative estimate of drug-likeness (QED) is 0.0715. The van der Waals surface area contributed by atoms with Crippen LogP contribution in [0.5, 0.6) is 34.5 Å². The van der Waals surface area contributed by atoms with Crippen molar-refractivity contribution in [3.63, 3.8) is 0 Å². The topological polar surface area (TPSA) is 168 Å². The Labute approximate surface area is 301 Å². The lowest BCUT2D eigenvalue weighted by atomic mass is 10.1. The molecule has 280 valence electrons. The molecule has 4 aromatic carbocycles. The van der Waals surface area contributed by atoms with Crippen molar-refractivity contribution in [3.8, 4) is 45.6 Å². The zero-order valence-corrected chi connectivity index (χ0v) is 29.9. The zero-order chi connectivity index (χ0) is 37.4. The molecule has 0 spiro atoms. The van der Waals surface area contributed by atoms with Crippen LogP contribution in [0.2, 0.25) is 0 Å². The van der Waals surface area contributed by atoms with Crippen LogP contribution < -0.4 is 23.7 Å². The van der Waals surface area contributed by atoms with Crippen molar-refractivity contribution in [1.29, 1.82) is 0 Å². The van der Waals surface area contributed by atoms with Crippen LogP contribution in [0.15, 0.2) is 97.1 Å². The Morgan fingerprint density at radius 3 is 0.882 bits per heavy atom. The largest absolute Gasteiger partial charge is 0.491 e. The Hall–Kier alpha value is -4.36. The second-order valence-corrected chi connectivity index (χ2v) is 11.1. The van der Waals surface area contributed by atoms with Gasteiger partial charge in [0, 0.05) is 0 Å². The number of ether oxygens (including phenoxy) is 5. The van der Waals surface area contributed by atoms with Crippen LogP contribution in [-0.4, -0.2) is 94.7 Å². The van der Waals surface area contributed by atoms with Gasteiger partial charge in [0.2, 0.25) is 0 Å². The minimum Gasteiger partial charge on any atom is -0.491 e. The number of aliphatic hydroxyl groups is 6. The molecule has 0 saturated heterocycles. The van der Waals surface area contributed by atoms with Crippen LogP contribution in [0.4, 0.5) is 0 Å². The van der Waals surface area contributed by atoms with E-state index in [-0.39, 0.29) is 33.0 Å². The summed E-state index contributed by atoms with van der Waals surface area (Å²) < 4.78 is 27.4. The van der Waals surface area contributed by atoms with Gasteiger partial charge in [-0.3, -0.25) is 0 Å². The fourth-order valence-electron chi connectivity index (χ4n) is 3.94. The van der Waals surface area contributed by atoms with E-state index in [1.807, 2.05) is 76.2 Å². The van der Waals surface area contributed by atoms with Crippen molar-refractivity contribution >= 4 is 0 Å². The molecular formula is C40H54O11. The summed E-state index contributed by atoms with van der Waals surface area (Å²) >= 11 is 0. The first-order valence-electron chi connectivity index (χ1n) is 17.3. The highest BCUT2D eigenvalue weighted by Gasteiger charge is 2.07. The first-order chi connectivity index (χ1) is 24.7. The van der Waals surface area contributed by atoms with Gasteiger partial charge in [0.1, 0.15) is 73.1 Å². The Bertz CT molecular complexity index is 1320. The Balaban J connectivity index is 0.000000337. The van der Waals surface area contributed by atoms with Gasteiger partial charge in [0.25, 0.3) is 0 Å². The summed E-state index contributed by atoms with van der Waals surface area (Å²) in [6.07, 6.45) is -1.35. The maximum Gasteiger partial charge on any atom is 0.127 e. The smallest absolute Gasteiger partial charge is 0.127 e. The number of aliphatic hydroxyl groups excluding tert-OH is 6. The number of rotatable bonds is 19. The van der Waals surface area contributed by atoms with Crippen molar-refractivity contribution in [2.75, 3.05) is 39.6 Å². The van der Waals surface area contributed by atoms with Gasteiger partial charge in [-0.05, 0) is 96.8 Å². The molecule has 4 unspecified atom stereocenters. The molecule has 0 bridgehead atoms. The predicted molar refractivity (Wildman–Crippen MR) is 197 cm³/mol. The molecule has 4 aromatic rings. The molecule has 0 radical (unpaired) electrons. The van der Waals surface area contributed by atoms with Crippen LogP contribution in [-0.2, 0) is 0 Å². The third-order valence-corrected chi connectivity index (χ3v) is 7.06. The van der Waals surface area contributed by atoms with Gasteiger partial charge >= 0.3 is 0 Å². The van der Waals surface area contributed by atoms with Crippen molar-refractivity contribution in [1.82, 2.24) is 0 Å². The van der Waals surface area contributed by atoms with Crippen molar-refractivity contribution in [2.45, 2.75) is 65.0 Å². The summed E-state index contributed by atoms with van der Waals surface area (Å²) in [5, 5.41) is 55.0. The first kappa shape index (κ1) is 42.8. The molecule has 11 nitrogen and oxygen atoms in total. The number of benzene rings is 4. The minimum atomic E-state index is -0.893. The van der Waals surface area contributed by atoms with Crippen LogP contribution >= 0.6 is 0 Å². The van der Waals surface area contributed by atoms with Gasteiger partial charge in [-0.1, -0.05) is 52.0 Å². The lowest BCUT2D eigenvalue weighted by Crippen LogP contribution is -2.21. The van der Waals surface area contributed by atoms with Crippen molar-refractivity contribution in [2.24, 2.45) is 0 Å². The Kier molecular flexibility index (Phi) is 20.8. The van der Waals surface area contributed by atoms with Crippen LogP contribution in [0.3, 0.4) is 0 Å². The molecule has 51 heavy (non-hydrogen) atoms. The summed E-state index contributed by atoms with van der Waals surface area (Å²) in [6.45, 7) is 7.81. The lowest BCUT2D eigenvalue weighted by molar-refractivity contribution is 0.0536. The van der Waals surface area contributed by atoms with Gasteiger partial charge in [-0.15, -0.1) is 0 Å². The van der Waals surface area contributed by atoms with Crippen molar-refractivity contribution in [3.05, 3.63) is 97.1 Å². The number of hydrogen-bond donors (Lipinski definition) is 6. The molecule has 0 saturated carbocycles. The van der Waals surface area contributed by atoms with Crippen LogP contribution in [0.25, 0.3) is 11.1 Å². The van der Waals surface area contributed by atoms with E-state index >= 15 is 0 Å². The maximum absolute atomic E-state index is 9.51. The van der Waals surface area contributed by atoms with E-state index < -0.39 is 24.4 Å². The molecule has 0 amide bonds. The Morgan fingerprint density at radius 2 is 0.627 bits per heavy atom. The molecule has 0 aliphatic heterocycles. The van der Waals surface area contributed by atoms with Gasteiger partial charge in [0.05, 0.1) is 25.4 Å². The van der Waals surface area contributed by atoms with Crippen LogP contribution in [0.1, 0.15) is 40.5 Å². The highest BCUT2D eigenvalue weighted by molar-refractivity contribution is 5.64. The predicted octanol–water partition coefficient (Wildman–Crippen LogP) is 5.62. The standard InChI is InChI=1S/C19H24O6.C19H24O5.C2H6/c1-2-14(21)12-23-16-3-7-18(8-4-16)25-19-9-5-17(6-10-19)24-13-15(22)11-20;1-2-16(21)12-23-18-7-3-14(4-8-18)15-5-9-19(10-6-15)24-13-17(22)11-20;1-2/h3-10,14-15,20-22H,2,11-13H2,1H3;3-10,16-17,20-22H,2,11-13H2,1H3;1-2H3. The van der Waals surface area contributed by atoms with E-state index in [4.69, 9.17) is 33.9 Å². The SMILES string of the molecule is CC.CCC(O)COc1ccc(-c2ccc(OCC(O)CO)cc2)cc1.CCC(O)COc1ccc(Oc2ccc(OCC(O)CO)cc2)cc1. The zero-order valence-electron chi connectivity index (χ0n) is 29.9. The summed E-state index contributed by atoms with van der Waals surface area (Å²) in [5.41, 5.74) is 2.07. The Morgan fingerprint density at radius 1 is 0.392 bits per heavy atom. The second-order valence-electron chi connectivity index (χ2n) is 11.1. The summed E-state index contributed by atoms with van der Waals surface area (Å²) in [6, 6.07) is 29.3. The van der Waals surface area contributed by atoms with Crippen molar-refractivity contribution < 1.29 is 54.3 Å². The molecule has 4 rings (SSSR count). The maximum atomic E-state index is 9.51. The molecule has 0 aliphatic carbocycles. The molecule has 0 fully saturated rings. The van der Waals surface area contributed by atoms with E-state index in [0.29, 0.717) is 48.2 Å². The minimum absolute atomic E-state index is 0.0326. The van der Waals surface area contributed by atoms with Crippen LogP contribution in [0, 0.1) is 0 Å². The molecule has 11 heteroatoms. The van der Waals surface area contributed by atoms with Gasteiger partial charge in [-0.2, -0.15) is 0 Å². The van der Waals surface area contributed by atoms with E-state index in [1.54, 1.807) is 48.5 Å². The molecule has 0 heterocycles. The van der Waals surface area contributed by atoms with Gasteiger partial charge in [0.15, 0.2) is 0 Å². The third kappa shape index (κ3) is 16.9. The first-order valence-corrected chi connectivity index (χ1v) is 17.3. The number of hydrogen-bond acceptors (Lipinski definition) is 11. The van der Waals surface area contributed by atoms with E-state index in [0.717, 1.165) is 16.9 Å². The van der Waals surface area contributed by atoms with E-state index in [1.165, 1.54) is 0 Å². The van der Waals surface area contributed by atoms with Gasteiger partial charge in [-0.25, -0.2) is 0 Å². The monoisotopic (exact) mass is 710 g/mol. The third-order valence-electron chi connectivity index (χ3n) is 7.06. The lowest BCUT2D eigenvalue weighted by Gasteiger charge is -2.12. The fourth-order valence-corrected chi connectivity index (χ4v) is 3.94. The summed E-state index contributed by atoms with van der Waals surface area (Å²) in [7, 11) is 0.